The minimum atomic E-state index is -4.78. The molecule has 0 bridgehead atoms. The number of aryl methyl sites for hydroxylation is 1. The molecule has 0 unspecified atom stereocenters. The van der Waals surface area contributed by atoms with E-state index >= 15 is 0 Å². The van der Waals surface area contributed by atoms with Gasteiger partial charge in [0.1, 0.15) is 17.3 Å². The summed E-state index contributed by atoms with van der Waals surface area (Å²) in [6.45, 7) is 1.76. The molecule has 0 aliphatic rings. The molecule has 140 valence electrons. The minimum Gasteiger partial charge on any atom is -0.427 e. The topological polar surface area (TPSA) is 47.9 Å². The molecule has 27 heavy (non-hydrogen) atoms. The van der Waals surface area contributed by atoms with E-state index in [1.807, 2.05) is 0 Å². The van der Waals surface area contributed by atoms with E-state index in [2.05, 4.69) is 19.7 Å². The Labute approximate surface area is 150 Å². The second-order valence-electron chi connectivity index (χ2n) is 5.53. The predicted octanol–water partition coefficient (Wildman–Crippen LogP) is 4.89. The fourth-order valence-electron chi connectivity index (χ4n) is 2.26. The number of pyridine rings is 1. The molecule has 0 aliphatic carbocycles. The first-order valence-corrected chi connectivity index (χ1v) is 7.68. The molecule has 3 aromatic rings. The van der Waals surface area contributed by atoms with E-state index in [1.165, 1.54) is 12.3 Å². The summed E-state index contributed by atoms with van der Waals surface area (Å²) in [5.74, 6) is -1.38. The van der Waals surface area contributed by atoms with Gasteiger partial charge in [0.15, 0.2) is 5.82 Å². The fraction of sp³-hybridized carbons (Fsp3) is 0.167. The van der Waals surface area contributed by atoms with Crippen LogP contribution in [0.15, 0.2) is 48.7 Å². The Balaban J connectivity index is 2.05. The average molecular weight is 381 g/mol. The van der Waals surface area contributed by atoms with Crippen LogP contribution in [-0.4, -0.2) is 27.5 Å². The van der Waals surface area contributed by atoms with Crippen LogP contribution in [0.1, 0.15) is 5.69 Å². The Kier molecular flexibility index (Phi) is 5.02. The number of halogens is 5. The Morgan fingerprint density at radius 2 is 1.74 bits per heavy atom. The Bertz CT molecular complexity index is 965. The Morgan fingerprint density at radius 1 is 1.00 bits per heavy atom. The smallest absolute Gasteiger partial charge is 0.427 e. The Morgan fingerprint density at radius 3 is 2.44 bits per heavy atom. The number of alkyl halides is 4. The predicted molar refractivity (Wildman–Crippen MR) is 87.0 cm³/mol. The highest BCUT2D eigenvalue weighted by Gasteiger charge is 2.44. The number of hydrogen-bond donors (Lipinski definition) is 0. The van der Waals surface area contributed by atoms with E-state index in [0.29, 0.717) is 23.3 Å². The largest absolute Gasteiger partial charge is 0.461 e. The molecular weight excluding hydrogens is 369 g/mol. The van der Waals surface area contributed by atoms with Crippen LogP contribution in [0.5, 0.6) is 5.75 Å². The Hall–Kier alpha value is -3.10. The van der Waals surface area contributed by atoms with E-state index in [1.54, 1.807) is 25.1 Å². The maximum absolute atomic E-state index is 13.5. The van der Waals surface area contributed by atoms with Crippen molar-refractivity contribution >= 4 is 0 Å². The third-order valence-corrected chi connectivity index (χ3v) is 3.49. The molecule has 0 atom stereocenters. The zero-order valence-corrected chi connectivity index (χ0v) is 13.8. The minimum absolute atomic E-state index is 0.0776. The van der Waals surface area contributed by atoms with E-state index in [-0.39, 0.29) is 11.3 Å². The molecule has 0 aliphatic heterocycles. The first kappa shape index (κ1) is 18.7. The first-order chi connectivity index (χ1) is 12.8. The van der Waals surface area contributed by atoms with Crippen molar-refractivity contribution in [1.82, 2.24) is 15.0 Å². The fourth-order valence-corrected chi connectivity index (χ4v) is 2.26. The number of ether oxygens (including phenoxy) is 1. The third kappa shape index (κ3) is 4.18. The lowest BCUT2D eigenvalue weighted by molar-refractivity contribution is -0.253. The van der Waals surface area contributed by atoms with Crippen molar-refractivity contribution in [1.29, 1.82) is 0 Å². The summed E-state index contributed by atoms with van der Waals surface area (Å²) in [6.07, 6.45) is -7.32. The van der Waals surface area contributed by atoms with Crippen molar-refractivity contribution in [3.05, 3.63) is 60.2 Å². The van der Waals surface area contributed by atoms with Crippen molar-refractivity contribution in [3.8, 4) is 28.5 Å². The summed E-state index contributed by atoms with van der Waals surface area (Å²) in [5.41, 5.74) is 1.05. The molecule has 0 fully saturated rings. The average Bonchev–Trinajstić information content (AvgIpc) is 2.61. The second kappa shape index (κ2) is 7.26. The molecule has 2 aromatic heterocycles. The lowest BCUT2D eigenvalue weighted by Gasteiger charge is -2.19. The van der Waals surface area contributed by atoms with Crippen LogP contribution in [0.25, 0.3) is 22.8 Å². The number of rotatable bonds is 5. The van der Waals surface area contributed by atoms with Crippen molar-refractivity contribution in [2.75, 3.05) is 0 Å². The van der Waals surface area contributed by atoms with Gasteiger partial charge in [-0.3, -0.25) is 0 Å². The monoisotopic (exact) mass is 381 g/mol. The molecule has 4 nitrogen and oxygen atoms in total. The highest BCUT2D eigenvalue weighted by atomic mass is 19.3. The molecule has 0 spiro atoms. The summed E-state index contributed by atoms with van der Waals surface area (Å²) in [6, 6.07) is 8.99. The van der Waals surface area contributed by atoms with Crippen molar-refractivity contribution in [2.45, 2.75) is 19.5 Å². The normalized spacial score (nSPS) is 11.7. The molecule has 0 saturated carbocycles. The molecule has 0 amide bonds. The molecular formula is C18H12F5N3O. The van der Waals surface area contributed by atoms with Gasteiger partial charge in [-0.15, -0.1) is 0 Å². The van der Waals surface area contributed by atoms with Crippen LogP contribution in [0.4, 0.5) is 22.0 Å². The van der Waals surface area contributed by atoms with Gasteiger partial charge in [0.2, 0.25) is 0 Å². The molecule has 3 rings (SSSR count). The number of nitrogens with zero attached hydrogens (tertiary/aromatic N) is 3. The van der Waals surface area contributed by atoms with E-state index in [9.17, 15) is 22.0 Å². The van der Waals surface area contributed by atoms with E-state index in [4.69, 9.17) is 0 Å². The highest BCUT2D eigenvalue weighted by Crippen LogP contribution is 2.35. The standard InChI is InChI=1S/C18H12F5N3O/c1-10-7-8-24-16(25-10)14-4-2-3-13(26-14)12-6-5-11(19)9-15(12)27-18(22,23)17(20)21/h2-9,17H,1H3. The maximum Gasteiger partial charge on any atom is 0.461 e. The molecule has 9 heteroatoms. The van der Waals surface area contributed by atoms with E-state index < -0.39 is 24.1 Å². The van der Waals surface area contributed by atoms with Gasteiger partial charge in [0, 0.05) is 23.5 Å². The summed E-state index contributed by atoms with van der Waals surface area (Å²) in [4.78, 5) is 12.6. The van der Waals surface area contributed by atoms with Gasteiger partial charge in [-0.2, -0.15) is 17.6 Å². The van der Waals surface area contributed by atoms with Gasteiger partial charge in [0.05, 0.1) is 5.69 Å². The molecule has 2 heterocycles. The zero-order chi connectivity index (χ0) is 19.6. The SMILES string of the molecule is Cc1ccnc(-c2cccc(-c3ccc(F)cc3OC(F)(F)C(F)F)n2)n1. The highest BCUT2D eigenvalue weighted by molar-refractivity contribution is 5.69. The van der Waals surface area contributed by atoms with Gasteiger partial charge >= 0.3 is 12.5 Å². The molecule has 1 aromatic carbocycles. The van der Waals surface area contributed by atoms with Crippen molar-refractivity contribution < 1.29 is 26.7 Å². The van der Waals surface area contributed by atoms with Gasteiger partial charge < -0.3 is 4.74 Å². The summed E-state index contributed by atoms with van der Waals surface area (Å²) in [7, 11) is 0. The summed E-state index contributed by atoms with van der Waals surface area (Å²) < 4.78 is 69.1. The van der Waals surface area contributed by atoms with Gasteiger partial charge in [-0.25, -0.2) is 19.3 Å². The molecule has 0 N–H and O–H groups in total. The van der Waals surface area contributed by atoms with Gasteiger partial charge in [0.25, 0.3) is 0 Å². The third-order valence-electron chi connectivity index (χ3n) is 3.49. The number of aromatic nitrogens is 3. The number of benzene rings is 1. The molecule has 0 radical (unpaired) electrons. The second-order valence-corrected chi connectivity index (χ2v) is 5.53. The summed E-state index contributed by atoms with van der Waals surface area (Å²) >= 11 is 0. The van der Waals surface area contributed by atoms with Crippen LogP contribution >= 0.6 is 0 Å². The van der Waals surface area contributed by atoms with Crippen LogP contribution in [-0.2, 0) is 0 Å². The van der Waals surface area contributed by atoms with Gasteiger partial charge in [-0.05, 0) is 37.3 Å². The maximum atomic E-state index is 13.5. The lowest BCUT2D eigenvalue weighted by Crippen LogP contribution is -2.33. The quantitative estimate of drug-likeness (QED) is 0.591. The zero-order valence-electron chi connectivity index (χ0n) is 13.8. The van der Waals surface area contributed by atoms with Crippen molar-refractivity contribution in [3.63, 3.8) is 0 Å². The molecule has 0 saturated heterocycles. The summed E-state index contributed by atoms with van der Waals surface area (Å²) in [5, 5.41) is 0. The first-order valence-electron chi connectivity index (χ1n) is 7.68. The van der Waals surface area contributed by atoms with Gasteiger partial charge in [-0.1, -0.05) is 6.07 Å². The lowest BCUT2D eigenvalue weighted by atomic mass is 10.1. The van der Waals surface area contributed by atoms with Crippen LogP contribution in [0.2, 0.25) is 0 Å². The van der Waals surface area contributed by atoms with Crippen LogP contribution in [0.3, 0.4) is 0 Å². The van der Waals surface area contributed by atoms with E-state index in [0.717, 1.165) is 12.1 Å². The van der Waals surface area contributed by atoms with Crippen LogP contribution in [0, 0.1) is 12.7 Å². The van der Waals surface area contributed by atoms with Crippen LogP contribution < -0.4 is 4.74 Å². The van der Waals surface area contributed by atoms with Crippen molar-refractivity contribution in [2.24, 2.45) is 0 Å². The number of hydrogen-bond acceptors (Lipinski definition) is 4.